The largest absolute Gasteiger partial charge is 0.480 e. The highest BCUT2D eigenvalue weighted by Crippen LogP contribution is 2.15. The molecule has 0 aliphatic heterocycles. The third-order valence-corrected chi connectivity index (χ3v) is 4.43. The number of carbonyl (C=O) groups excluding carboxylic acids is 1. The molecule has 2 rings (SSSR count). The average Bonchev–Trinajstić information content (AvgIpc) is 2.54. The minimum atomic E-state index is -3.91. The van der Waals surface area contributed by atoms with Gasteiger partial charge < -0.3 is 16.2 Å². The molecule has 0 aliphatic rings. The van der Waals surface area contributed by atoms with Crippen molar-refractivity contribution in [3.63, 3.8) is 0 Å². The molecular formula is C15H15N3O5S. The number of hydrogen-bond acceptors (Lipinski definition) is 5. The second kappa shape index (κ2) is 7.11. The monoisotopic (exact) mass is 349 g/mol. The minimum Gasteiger partial charge on any atom is -0.480 e. The van der Waals surface area contributed by atoms with Gasteiger partial charge in [-0.1, -0.05) is 0 Å². The average molecular weight is 349 g/mol. The Morgan fingerprint density at radius 3 is 2.12 bits per heavy atom. The molecule has 0 radical (unpaired) electrons. The molecule has 0 atom stereocenters. The van der Waals surface area contributed by atoms with Gasteiger partial charge in [-0.15, -0.1) is 0 Å². The van der Waals surface area contributed by atoms with Crippen LogP contribution in [0.25, 0.3) is 0 Å². The van der Waals surface area contributed by atoms with Gasteiger partial charge in [-0.2, -0.15) is 4.72 Å². The zero-order valence-corrected chi connectivity index (χ0v) is 13.2. The molecule has 0 fully saturated rings. The number of carbonyl (C=O) groups is 2. The van der Waals surface area contributed by atoms with Crippen molar-refractivity contribution in [2.75, 3.05) is 17.6 Å². The number of carboxylic acids is 1. The van der Waals surface area contributed by atoms with Gasteiger partial charge in [0.05, 0.1) is 4.90 Å². The van der Waals surface area contributed by atoms with E-state index in [-0.39, 0.29) is 10.8 Å². The van der Waals surface area contributed by atoms with Crippen LogP contribution in [0.15, 0.2) is 53.4 Å². The third kappa shape index (κ3) is 4.54. The van der Waals surface area contributed by atoms with Crippen molar-refractivity contribution in [1.82, 2.24) is 4.72 Å². The first-order valence-corrected chi connectivity index (χ1v) is 8.25. The van der Waals surface area contributed by atoms with E-state index in [1.807, 2.05) is 4.72 Å². The van der Waals surface area contributed by atoms with Crippen LogP contribution in [0.4, 0.5) is 11.4 Å². The van der Waals surface area contributed by atoms with Gasteiger partial charge in [0, 0.05) is 16.9 Å². The third-order valence-electron chi connectivity index (χ3n) is 3.01. The van der Waals surface area contributed by atoms with Crippen LogP contribution in [0.5, 0.6) is 0 Å². The quantitative estimate of drug-likeness (QED) is 0.571. The standard InChI is InChI=1S/C15H15N3O5S/c16-11-3-1-10(2-4-11)15(21)18-12-5-7-13(8-6-12)24(22,23)17-9-14(19)20/h1-8,17H,9,16H2,(H,18,21)(H,19,20). The van der Waals surface area contributed by atoms with Gasteiger partial charge in [-0.25, -0.2) is 8.42 Å². The van der Waals surface area contributed by atoms with Crippen molar-refractivity contribution < 1.29 is 23.1 Å². The number of nitrogens with two attached hydrogens (primary N) is 1. The van der Waals surface area contributed by atoms with Gasteiger partial charge in [0.15, 0.2) is 0 Å². The minimum absolute atomic E-state index is 0.103. The smallest absolute Gasteiger partial charge is 0.318 e. The molecular weight excluding hydrogens is 334 g/mol. The lowest BCUT2D eigenvalue weighted by atomic mass is 10.2. The van der Waals surface area contributed by atoms with Crippen LogP contribution in [-0.4, -0.2) is 31.9 Å². The predicted octanol–water partition coefficient (Wildman–Crippen LogP) is 0.884. The fourth-order valence-electron chi connectivity index (χ4n) is 1.80. The van der Waals surface area contributed by atoms with Gasteiger partial charge in [0.25, 0.3) is 5.91 Å². The van der Waals surface area contributed by atoms with E-state index in [0.717, 1.165) is 0 Å². The van der Waals surface area contributed by atoms with Crippen molar-refractivity contribution in [3.05, 3.63) is 54.1 Å². The second-order valence-corrected chi connectivity index (χ2v) is 6.59. The molecule has 0 spiro atoms. The molecule has 5 N–H and O–H groups in total. The molecule has 0 saturated carbocycles. The lowest BCUT2D eigenvalue weighted by Crippen LogP contribution is -2.29. The Hall–Kier alpha value is -2.91. The van der Waals surface area contributed by atoms with E-state index in [9.17, 15) is 18.0 Å². The van der Waals surface area contributed by atoms with Crippen LogP contribution in [0, 0.1) is 0 Å². The molecule has 2 aromatic rings. The number of sulfonamides is 1. The van der Waals surface area contributed by atoms with Gasteiger partial charge >= 0.3 is 5.97 Å². The Morgan fingerprint density at radius 2 is 1.58 bits per heavy atom. The van der Waals surface area contributed by atoms with E-state index in [0.29, 0.717) is 16.9 Å². The van der Waals surface area contributed by atoms with E-state index in [2.05, 4.69) is 5.32 Å². The Labute approximate surface area is 138 Å². The molecule has 0 aromatic heterocycles. The molecule has 1 amide bonds. The van der Waals surface area contributed by atoms with Gasteiger partial charge in [-0.05, 0) is 48.5 Å². The molecule has 0 aliphatic carbocycles. The number of nitrogen functional groups attached to an aromatic ring is 1. The van der Waals surface area contributed by atoms with Crippen LogP contribution in [0.3, 0.4) is 0 Å². The van der Waals surface area contributed by atoms with Crippen LogP contribution < -0.4 is 15.8 Å². The SMILES string of the molecule is Nc1ccc(C(=O)Nc2ccc(S(=O)(=O)NCC(=O)O)cc2)cc1. The van der Waals surface area contributed by atoms with Crippen LogP contribution >= 0.6 is 0 Å². The molecule has 0 bridgehead atoms. The maximum atomic E-state index is 12.0. The molecule has 24 heavy (non-hydrogen) atoms. The zero-order valence-electron chi connectivity index (χ0n) is 12.4. The molecule has 0 saturated heterocycles. The zero-order chi connectivity index (χ0) is 17.7. The van der Waals surface area contributed by atoms with Gasteiger partial charge in [0.2, 0.25) is 10.0 Å². The maximum Gasteiger partial charge on any atom is 0.318 e. The Kier molecular flexibility index (Phi) is 5.17. The van der Waals surface area contributed by atoms with E-state index in [1.54, 1.807) is 24.3 Å². The molecule has 9 heteroatoms. The number of benzene rings is 2. The van der Waals surface area contributed by atoms with E-state index in [1.165, 1.54) is 24.3 Å². The van der Waals surface area contributed by atoms with E-state index < -0.39 is 22.5 Å². The Balaban J connectivity index is 2.08. The first-order valence-electron chi connectivity index (χ1n) is 6.76. The highest BCUT2D eigenvalue weighted by molar-refractivity contribution is 7.89. The number of nitrogens with one attached hydrogen (secondary N) is 2. The fourth-order valence-corrected chi connectivity index (χ4v) is 2.77. The van der Waals surface area contributed by atoms with Crippen molar-refractivity contribution in [2.45, 2.75) is 4.90 Å². The van der Waals surface area contributed by atoms with Gasteiger partial charge in [-0.3, -0.25) is 9.59 Å². The summed E-state index contributed by atoms with van der Waals surface area (Å²) in [6, 6.07) is 11.7. The number of aliphatic carboxylic acids is 1. The molecule has 2 aromatic carbocycles. The summed E-state index contributed by atoms with van der Waals surface area (Å²) in [6.45, 7) is -0.710. The normalized spacial score (nSPS) is 11.0. The summed E-state index contributed by atoms with van der Waals surface area (Å²) in [6.07, 6.45) is 0. The lowest BCUT2D eigenvalue weighted by molar-refractivity contribution is -0.135. The van der Waals surface area contributed by atoms with Gasteiger partial charge in [0.1, 0.15) is 6.54 Å². The fraction of sp³-hybridized carbons (Fsp3) is 0.0667. The first-order chi connectivity index (χ1) is 11.3. The Bertz CT molecular complexity index is 846. The number of hydrogen-bond donors (Lipinski definition) is 4. The maximum absolute atomic E-state index is 12.0. The second-order valence-electron chi connectivity index (χ2n) is 4.82. The summed E-state index contributed by atoms with van der Waals surface area (Å²) in [5.74, 6) is -1.65. The molecule has 8 nitrogen and oxygen atoms in total. The topological polar surface area (TPSA) is 139 Å². The van der Waals surface area contributed by atoms with Crippen LogP contribution in [0.2, 0.25) is 0 Å². The summed E-state index contributed by atoms with van der Waals surface area (Å²) in [5, 5.41) is 11.1. The Morgan fingerprint density at radius 1 is 1.00 bits per heavy atom. The van der Waals surface area contributed by atoms with Crippen molar-refractivity contribution >= 4 is 33.3 Å². The molecule has 0 unspecified atom stereocenters. The van der Waals surface area contributed by atoms with Crippen LogP contribution in [-0.2, 0) is 14.8 Å². The first kappa shape index (κ1) is 17.4. The summed E-state index contributed by atoms with van der Waals surface area (Å²) in [4.78, 5) is 22.4. The summed E-state index contributed by atoms with van der Waals surface area (Å²) in [5.41, 5.74) is 6.89. The predicted molar refractivity (Wildman–Crippen MR) is 88.1 cm³/mol. The molecule has 0 heterocycles. The number of amides is 1. The van der Waals surface area contributed by atoms with E-state index >= 15 is 0 Å². The molecule has 126 valence electrons. The lowest BCUT2D eigenvalue weighted by Gasteiger charge is -2.08. The summed E-state index contributed by atoms with van der Waals surface area (Å²) in [7, 11) is -3.91. The number of rotatable bonds is 6. The van der Waals surface area contributed by atoms with Crippen molar-refractivity contribution in [2.24, 2.45) is 0 Å². The van der Waals surface area contributed by atoms with Crippen molar-refractivity contribution in [3.8, 4) is 0 Å². The number of carboxylic acid groups (broad SMARTS) is 1. The van der Waals surface area contributed by atoms with Crippen LogP contribution in [0.1, 0.15) is 10.4 Å². The van der Waals surface area contributed by atoms with Crippen molar-refractivity contribution in [1.29, 1.82) is 0 Å². The van der Waals surface area contributed by atoms with E-state index in [4.69, 9.17) is 10.8 Å². The summed E-state index contributed by atoms with van der Waals surface area (Å²) >= 11 is 0. The number of anilines is 2. The highest BCUT2D eigenvalue weighted by atomic mass is 32.2. The highest BCUT2D eigenvalue weighted by Gasteiger charge is 2.15. The summed E-state index contributed by atoms with van der Waals surface area (Å²) < 4.78 is 25.6.